The fourth-order valence-electron chi connectivity index (χ4n) is 2.43. The smallest absolute Gasteiger partial charge is 0.224 e. The molecule has 2 heterocycles. The number of anilines is 2. The Balaban J connectivity index is 2.07. The van der Waals surface area contributed by atoms with Crippen molar-refractivity contribution in [2.24, 2.45) is 0 Å². The van der Waals surface area contributed by atoms with E-state index in [-0.39, 0.29) is 0 Å². The second-order valence-corrected chi connectivity index (χ2v) is 4.94. The van der Waals surface area contributed by atoms with Crippen LogP contribution in [0.4, 0.5) is 11.8 Å². The third-order valence-corrected chi connectivity index (χ3v) is 3.48. The van der Waals surface area contributed by atoms with Crippen LogP contribution >= 0.6 is 0 Å². The Morgan fingerprint density at radius 3 is 3.11 bits per heavy atom. The summed E-state index contributed by atoms with van der Waals surface area (Å²) in [5.74, 6) is 1.72. The Labute approximate surface area is 109 Å². The maximum absolute atomic E-state index is 4.55. The second kappa shape index (κ2) is 6.00. The van der Waals surface area contributed by atoms with Gasteiger partial charge in [-0.3, -0.25) is 0 Å². The summed E-state index contributed by atoms with van der Waals surface area (Å²) in [6, 6.07) is 2.53. The lowest BCUT2D eigenvalue weighted by Crippen LogP contribution is -2.45. The average Bonchev–Trinajstić information content (AvgIpc) is 2.39. The molecular weight excluding hydrogens is 226 g/mol. The van der Waals surface area contributed by atoms with Crippen molar-refractivity contribution in [2.45, 2.75) is 25.8 Å². The minimum atomic E-state index is 0.549. The number of likely N-dealkylation sites (N-methyl/N-ethyl adjacent to an activating group) is 2. The van der Waals surface area contributed by atoms with Crippen molar-refractivity contribution in [3.05, 3.63) is 12.3 Å². The van der Waals surface area contributed by atoms with E-state index < -0.39 is 0 Å². The molecule has 1 saturated heterocycles. The molecule has 5 nitrogen and oxygen atoms in total. The lowest BCUT2D eigenvalue weighted by atomic mass is 10.1. The van der Waals surface area contributed by atoms with Gasteiger partial charge in [-0.1, -0.05) is 0 Å². The maximum Gasteiger partial charge on any atom is 0.224 e. The second-order valence-electron chi connectivity index (χ2n) is 4.94. The van der Waals surface area contributed by atoms with E-state index in [1.165, 1.54) is 19.4 Å². The highest BCUT2D eigenvalue weighted by Gasteiger charge is 2.22. The molecule has 1 aliphatic heterocycles. The van der Waals surface area contributed by atoms with Crippen molar-refractivity contribution >= 4 is 11.8 Å². The Morgan fingerprint density at radius 2 is 2.39 bits per heavy atom. The predicted octanol–water partition coefficient (Wildman–Crippen LogP) is 1.44. The van der Waals surface area contributed by atoms with E-state index >= 15 is 0 Å². The molecule has 1 N–H and O–H groups in total. The number of hydrogen-bond acceptors (Lipinski definition) is 5. The van der Waals surface area contributed by atoms with Crippen molar-refractivity contribution in [2.75, 3.05) is 43.9 Å². The molecule has 0 radical (unpaired) electrons. The van der Waals surface area contributed by atoms with Crippen LogP contribution in [0.1, 0.15) is 19.8 Å². The highest BCUT2D eigenvalue weighted by molar-refractivity contribution is 5.42. The number of nitrogens with one attached hydrogen (secondary N) is 1. The number of piperidine rings is 1. The van der Waals surface area contributed by atoms with Crippen LogP contribution in [0.5, 0.6) is 0 Å². The molecule has 18 heavy (non-hydrogen) atoms. The van der Waals surface area contributed by atoms with Gasteiger partial charge in [0.2, 0.25) is 5.95 Å². The number of aromatic nitrogens is 2. The quantitative estimate of drug-likeness (QED) is 0.874. The van der Waals surface area contributed by atoms with Gasteiger partial charge in [0.05, 0.1) is 0 Å². The van der Waals surface area contributed by atoms with Crippen LogP contribution in [-0.2, 0) is 0 Å². The molecule has 0 amide bonds. The van der Waals surface area contributed by atoms with Crippen LogP contribution < -0.4 is 10.2 Å². The van der Waals surface area contributed by atoms with Crippen LogP contribution in [0.15, 0.2) is 12.3 Å². The van der Waals surface area contributed by atoms with Crippen LogP contribution in [-0.4, -0.2) is 54.6 Å². The van der Waals surface area contributed by atoms with E-state index in [1.807, 2.05) is 12.3 Å². The van der Waals surface area contributed by atoms with Crippen molar-refractivity contribution < 1.29 is 0 Å². The lowest BCUT2D eigenvalue weighted by Gasteiger charge is -2.36. The zero-order chi connectivity index (χ0) is 13.0. The molecule has 0 saturated carbocycles. The van der Waals surface area contributed by atoms with Crippen LogP contribution in [0.3, 0.4) is 0 Å². The Kier molecular flexibility index (Phi) is 4.36. The minimum absolute atomic E-state index is 0.549. The topological polar surface area (TPSA) is 44.3 Å². The summed E-state index contributed by atoms with van der Waals surface area (Å²) in [6.07, 6.45) is 4.32. The Hall–Kier alpha value is -1.36. The van der Waals surface area contributed by atoms with Crippen molar-refractivity contribution in [1.82, 2.24) is 14.9 Å². The van der Waals surface area contributed by atoms with E-state index in [4.69, 9.17) is 0 Å². The van der Waals surface area contributed by atoms with Crippen molar-refractivity contribution in [3.8, 4) is 0 Å². The first-order valence-electron chi connectivity index (χ1n) is 6.69. The number of likely N-dealkylation sites (tertiary alicyclic amines) is 1. The summed E-state index contributed by atoms with van der Waals surface area (Å²) in [7, 11) is 4.31. The van der Waals surface area contributed by atoms with Gasteiger partial charge in [-0.05, 0) is 39.4 Å². The minimum Gasteiger partial charge on any atom is -0.355 e. The first kappa shape index (κ1) is 13.1. The third kappa shape index (κ3) is 3.10. The fourth-order valence-corrected chi connectivity index (χ4v) is 2.43. The maximum atomic E-state index is 4.55. The molecule has 1 unspecified atom stereocenters. The summed E-state index contributed by atoms with van der Waals surface area (Å²) >= 11 is 0. The van der Waals surface area contributed by atoms with Crippen LogP contribution in [0.2, 0.25) is 0 Å². The molecule has 1 aromatic heterocycles. The van der Waals surface area contributed by atoms with E-state index in [9.17, 15) is 0 Å². The zero-order valence-corrected chi connectivity index (χ0v) is 11.6. The van der Waals surface area contributed by atoms with E-state index in [0.717, 1.165) is 18.9 Å². The summed E-state index contributed by atoms with van der Waals surface area (Å²) in [4.78, 5) is 13.4. The largest absolute Gasteiger partial charge is 0.355 e. The third-order valence-electron chi connectivity index (χ3n) is 3.48. The first-order chi connectivity index (χ1) is 8.70. The standard InChI is InChI=1S/C13H23N5/c1-4-14-13-15-8-7-12(16-13)18(3)11-6-5-9-17(2)10-11/h7-8,11H,4-6,9-10H2,1-3H3,(H,14,15,16). The van der Waals surface area contributed by atoms with Crippen LogP contribution in [0, 0.1) is 0 Å². The summed E-state index contributed by atoms with van der Waals surface area (Å²) < 4.78 is 0. The molecule has 5 heteroatoms. The molecule has 1 atom stereocenters. The molecule has 1 fully saturated rings. The molecule has 1 aromatic rings. The van der Waals surface area contributed by atoms with Gasteiger partial charge in [0, 0.05) is 32.4 Å². The highest BCUT2D eigenvalue weighted by Crippen LogP contribution is 2.19. The molecule has 2 rings (SSSR count). The molecule has 0 aliphatic carbocycles. The lowest BCUT2D eigenvalue weighted by molar-refractivity contribution is 0.247. The summed E-state index contributed by atoms with van der Waals surface area (Å²) in [5, 5.41) is 3.16. The zero-order valence-electron chi connectivity index (χ0n) is 11.6. The van der Waals surface area contributed by atoms with Crippen LogP contribution in [0.25, 0.3) is 0 Å². The van der Waals surface area contributed by atoms with Gasteiger partial charge in [-0.15, -0.1) is 0 Å². The number of nitrogens with zero attached hydrogens (tertiary/aromatic N) is 4. The first-order valence-corrected chi connectivity index (χ1v) is 6.69. The molecular formula is C13H23N5. The van der Waals surface area contributed by atoms with Gasteiger partial charge in [0.25, 0.3) is 0 Å². The molecule has 100 valence electrons. The van der Waals surface area contributed by atoms with Gasteiger partial charge >= 0.3 is 0 Å². The Morgan fingerprint density at radius 1 is 1.56 bits per heavy atom. The summed E-state index contributed by atoms with van der Waals surface area (Å²) in [5.41, 5.74) is 0. The summed E-state index contributed by atoms with van der Waals surface area (Å²) in [6.45, 7) is 5.21. The highest BCUT2D eigenvalue weighted by atomic mass is 15.3. The predicted molar refractivity (Wildman–Crippen MR) is 75.1 cm³/mol. The van der Waals surface area contributed by atoms with Gasteiger partial charge in [-0.2, -0.15) is 4.98 Å². The number of rotatable bonds is 4. The molecule has 1 aliphatic rings. The Bertz CT molecular complexity index is 381. The molecule has 0 spiro atoms. The van der Waals surface area contributed by atoms with Gasteiger partial charge < -0.3 is 15.1 Å². The number of hydrogen-bond donors (Lipinski definition) is 1. The fraction of sp³-hybridized carbons (Fsp3) is 0.692. The normalized spacial score (nSPS) is 20.7. The molecule has 0 aromatic carbocycles. The van der Waals surface area contributed by atoms with Crippen molar-refractivity contribution in [3.63, 3.8) is 0 Å². The SMILES string of the molecule is CCNc1nccc(N(C)C2CCCN(C)C2)n1. The van der Waals surface area contributed by atoms with Crippen molar-refractivity contribution in [1.29, 1.82) is 0 Å². The van der Waals surface area contributed by atoms with Gasteiger partial charge in [-0.25, -0.2) is 4.98 Å². The monoisotopic (exact) mass is 249 g/mol. The van der Waals surface area contributed by atoms with Gasteiger partial charge in [0.1, 0.15) is 5.82 Å². The van der Waals surface area contributed by atoms with E-state index in [2.05, 4.69) is 46.1 Å². The van der Waals surface area contributed by atoms with E-state index in [0.29, 0.717) is 12.0 Å². The van der Waals surface area contributed by atoms with E-state index in [1.54, 1.807) is 0 Å². The average molecular weight is 249 g/mol. The molecule has 0 bridgehead atoms. The van der Waals surface area contributed by atoms with Gasteiger partial charge in [0.15, 0.2) is 0 Å².